The third kappa shape index (κ3) is 3.86. The average Bonchev–Trinajstić information content (AvgIpc) is 2.30. The molecular weight excluding hydrogens is 204 g/mol. The van der Waals surface area contributed by atoms with E-state index < -0.39 is 0 Å². The lowest BCUT2D eigenvalue weighted by Gasteiger charge is -2.10. The van der Waals surface area contributed by atoms with E-state index in [1.54, 1.807) is 0 Å². The van der Waals surface area contributed by atoms with Crippen molar-refractivity contribution in [3.05, 3.63) is 29.6 Å². The van der Waals surface area contributed by atoms with Crippen LogP contribution in [0.2, 0.25) is 0 Å². The fourth-order valence-electron chi connectivity index (χ4n) is 1.24. The summed E-state index contributed by atoms with van der Waals surface area (Å²) in [6, 6.07) is 4.01. The summed E-state index contributed by atoms with van der Waals surface area (Å²) in [6.07, 6.45) is 1.84. The van der Waals surface area contributed by atoms with Crippen LogP contribution in [-0.4, -0.2) is 22.6 Å². The van der Waals surface area contributed by atoms with Crippen LogP contribution in [0.15, 0.2) is 23.5 Å². The van der Waals surface area contributed by atoms with Gasteiger partial charge in [-0.25, -0.2) is 0 Å². The number of aromatic nitrogens is 1. The molecule has 0 amide bonds. The van der Waals surface area contributed by atoms with Gasteiger partial charge in [0.05, 0.1) is 0 Å². The maximum atomic E-state index is 8.48. The van der Waals surface area contributed by atoms with Crippen LogP contribution in [0, 0.1) is 12.8 Å². The topological polar surface area (TPSA) is 83.5 Å². The van der Waals surface area contributed by atoms with Crippen molar-refractivity contribution < 1.29 is 5.21 Å². The zero-order valence-corrected chi connectivity index (χ0v) is 9.64. The number of aryl methyl sites for hydroxylation is 1. The molecule has 1 unspecified atom stereocenters. The highest BCUT2D eigenvalue weighted by molar-refractivity contribution is 5.82. The normalized spacial score (nSPS) is 13.8. The first-order valence-electron chi connectivity index (χ1n) is 5.23. The van der Waals surface area contributed by atoms with Crippen molar-refractivity contribution in [2.24, 2.45) is 16.8 Å². The third-order valence-corrected chi connectivity index (χ3v) is 2.37. The van der Waals surface area contributed by atoms with Gasteiger partial charge < -0.3 is 16.3 Å². The Hall–Kier alpha value is -1.62. The van der Waals surface area contributed by atoms with Crippen LogP contribution in [0.25, 0.3) is 0 Å². The molecule has 0 bridgehead atoms. The number of oxime groups is 1. The van der Waals surface area contributed by atoms with E-state index in [0.717, 1.165) is 17.8 Å². The Morgan fingerprint density at radius 1 is 1.62 bits per heavy atom. The predicted molar refractivity (Wildman–Crippen MR) is 63.3 cm³/mol. The number of hydrogen-bond acceptors (Lipinski definition) is 4. The number of rotatable bonds is 5. The Bertz CT molecular complexity index is 348. The second kappa shape index (κ2) is 6.07. The van der Waals surface area contributed by atoms with Crippen LogP contribution >= 0.6 is 0 Å². The van der Waals surface area contributed by atoms with E-state index in [-0.39, 0.29) is 11.8 Å². The number of nitrogens with one attached hydrogen (secondary N) is 1. The lowest BCUT2D eigenvalue weighted by molar-refractivity contribution is 0.314. The van der Waals surface area contributed by atoms with Crippen LogP contribution in [-0.2, 0) is 6.54 Å². The minimum atomic E-state index is 0.0170. The van der Waals surface area contributed by atoms with E-state index in [0.29, 0.717) is 6.54 Å². The van der Waals surface area contributed by atoms with Gasteiger partial charge in [-0.05, 0) is 18.6 Å². The van der Waals surface area contributed by atoms with Crippen molar-refractivity contribution in [2.45, 2.75) is 20.4 Å². The predicted octanol–water partition coefficient (Wildman–Crippen LogP) is 0.862. The van der Waals surface area contributed by atoms with E-state index >= 15 is 0 Å². The molecule has 0 radical (unpaired) electrons. The second-order valence-corrected chi connectivity index (χ2v) is 3.86. The van der Waals surface area contributed by atoms with Crippen molar-refractivity contribution in [3.63, 3.8) is 0 Å². The van der Waals surface area contributed by atoms with Crippen LogP contribution in [0.5, 0.6) is 0 Å². The fraction of sp³-hybridized carbons (Fsp3) is 0.455. The number of nitrogens with two attached hydrogens (primary N) is 1. The molecule has 5 heteroatoms. The SMILES string of the molecule is Cc1ccc(CNCC(C)C(N)=NO)cn1. The maximum absolute atomic E-state index is 8.48. The van der Waals surface area contributed by atoms with Crippen molar-refractivity contribution in [3.8, 4) is 0 Å². The Balaban J connectivity index is 2.33. The molecule has 0 fully saturated rings. The van der Waals surface area contributed by atoms with E-state index in [9.17, 15) is 0 Å². The zero-order chi connectivity index (χ0) is 12.0. The maximum Gasteiger partial charge on any atom is 0.143 e. The molecule has 0 aromatic carbocycles. The van der Waals surface area contributed by atoms with Gasteiger partial charge in [0.25, 0.3) is 0 Å². The highest BCUT2D eigenvalue weighted by atomic mass is 16.4. The highest BCUT2D eigenvalue weighted by Gasteiger charge is 2.06. The molecule has 0 aliphatic heterocycles. The highest BCUT2D eigenvalue weighted by Crippen LogP contribution is 1.99. The van der Waals surface area contributed by atoms with Gasteiger partial charge in [-0.2, -0.15) is 0 Å². The first-order valence-corrected chi connectivity index (χ1v) is 5.23. The summed E-state index contributed by atoms with van der Waals surface area (Å²) in [5.74, 6) is 0.262. The molecular formula is C11H18N4O. The molecule has 16 heavy (non-hydrogen) atoms. The monoisotopic (exact) mass is 222 g/mol. The van der Waals surface area contributed by atoms with Crippen molar-refractivity contribution in [1.29, 1.82) is 0 Å². The summed E-state index contributed by atoms with van der Waals surface area (Å²) in [7, 11) is 0. The summed E-state index contributed by atoms with van der Waals surface area (Å²) in [5.41, 5.74) is 7.59. The quantitative estimate of drug-likeness (QED) is 0.298. The smallest absolute Gasteiger partial charge is 0.143 e. The molecule has 0 aliphatic carbocycles. The molecule has 1 rings (SSSR count). The van der Waals surface area contributed by atoms with Crippen LogP contribution in [0.1, 0.15) is 18.2 Å². The van der Waals surface area contributed by atoms with Gasteiger partial charge in [-0.1, -0.05) is 18.1 Å². The second-order valence-electron chi connectivity index (χ2n) is 3.86. The Kier molecular flexibility index (Phi) is 4.72. The van der Waals surface area contributed by atoms with Gasteiger partial charge in [0.1, 0.15) is 5.84 Å². The lowest BCUT2D eigenvalue weighted by atomic mass is 10.1. The van der Waals surface area contributed by atoms with Gasteiger partial charge in [-0.15, -0.1) is 0 Å². The Morgan fingerprint density at radius 3 is 2.94 bits per heavy atom. The number of nitrogens with zero attached hydrogens (tertiary/aromatic N) is 2. The van der Waals surface area contributed by atoms with Crippen LogP contribution < -0.4 is 11.1 Å². The van der Waals surface area contributed by atoms with E-state index in [1.165, 1.54) is 0 Å². The van der Waals surface area contributed by atoms with Crippen molar-refractivity contribution >= 4 is 5.84 Å². The molecule has 0 aliphatic rings. The molecule has 4 N–H and O–H groups in total. The lowest BCUT2D eigenvalue weighted by Crippen LogP contribution is -2.31. The molecule has 1 aromatic rings. The molecule has 0 saturated heterocycles. The van der Waals surface area contributed by atoms with Gasteiger partial charge >= 0.3 is 0 Å². The number of amidine groups is 1. The first-order chi connectivity index (χ1) is 7.63. The van der Waals surface area contributed by atoms with Crippen LogP contribution in [0.4, 0.5) is 0 Å². The summed E-state index contributed by atoms with van der Waals surface area (Å²) in [6.45, 7) is 5.26. The van der Waals surface area contributed by atoms with Gasteiger partial charge in [0.2, 0.25) is 0 Å². The molecule has 5 nitrogen and oxygen atoms in total. The summed E-state index contributed by atoms with van der Waals surface area (Å²) < 4.78 is 0. The molecule has 0 saturated carbocycles. The minimum Gasteiger partial charge on any atom is -0.409 e. The van der Waals surface area contributed by atoms with Crippen molar-refractivity contribution in [1.82, 2.24) is 10.3 Å². The van der Waals surface area contributed by atoms with E-state index in [2.05, 4.69) is 15.5 Å². The van der Waals surface area contributed by atoms with Crippen molar-refractivity contribution in [2.75, 3.05) is 6.54 Å². The molecule has 1 atom stereocenters. The summed E-state index contributed by atoms with van der Waals surface area (Å²) in [5, 5.41) is 14.7. The summed E-state index contributed by atoms with van der Waals surface area (Å²) >= 11 is 0. The zero-order valence-electron chi connectivity index (χ0n) is 9.64. The number of hydrogen-bond donors (Lipinski definition) is 3. The molecule has 88 valence electrons. The fourth-order valence-corrected chi connectivity index (χ4v) is 1.24. The van der Waals surface area contributed by atoms with E-state index in [1.807, 2.05) is 32.2 Å². The van der Waals surface area contributed by atoms with Gasteiger partial charge in [0, 0.05) is 30.9 Å². The molecule has 1 aromatic heterocycles. The van der Waals surface area contributed by atoms with E-state index in [4.69, 9.17) is 10.9 Å². The Morgan fingerprint density at radius 2 is 2.38 bits per heavy atom. The summed E-state index contributed by atoms with van der Waals surface area (Å²) in [4.78, 5) is 4.20. The molecule has 0 spiro atoms. The van der Waals surface area contributed by atoms with Crippen LogP contribution in [0.3, 0.4) is 0 Å². The first kappa shape index (κ1) is 12.4. The third-order valence-electron chi connectivity index (χ3n) is 2.37. The van der Waals surface area contributed by atoms with Gasteiger partial charge in [-0.3, -0.25) is 4.98 Å². The largest absolute Gasteiger partial charge is 0.409 e. The minimum absolute atomic E-state index is 0.0170. The molecule has 1 heterocycles. The number of pyridine rings is 1. The Labute approximate surface area is 95.4 Å². The van der Waals surface area contributed by atoms with Gasteiger partial charge in [0.15, 0.2) is 0 Å². The standard InChI is InChI=1S/C11H18N4O/c1-8(11(12)15-16)5-13-6-10-4-3-9(2)14-7-10/h3-4,7-8,13,16H,5-6H2,1-2H3,(H2,12,15). The average molecular weight is 222 g/mol.